The quantitative estimate of drug-likeness (QED) is 0.321. The van der Waals surface area contributed by atoms with Gasteiger partial charge in [0.25, 0.3) is 0 Å². The van der Waals surface area contributed by atoms with Crippen LogP contribution < -0.4 is 5.43 Å². The van der Waals surface area contributed by atoms with Gasteiger partial charge in [0.1, 0.15) is 0 Å². The maximum Gasteiger partial charge on any atom is 0.338 e. The van der Waals surface area contributed by atoms with Gasteiger partial charge in [-0.15, -0.1) is 0 Å². The van der Waals surface area contributed by atoms with E-state index < -0.39 is 5.97 Å². The number of hydrogen-bond donors (Lipinski definition) is 0. The zero-order valence-electron chi connectivity index (χ0n) is 14.8. The lowest BCUT2D eigenvalue weighted by Crippen LogP contribution is -2.03. The van der Waals surface area contributed by atoms with Crippen molar-refractivity contribution in [2.24, 2.45) is 0 Å². The molecule has 5 aromatic carbocycles. The first kappa shape index (κ1) is 15.8. The van der Waals surface area contributed by atoms with E-state index in [2.05, 4.69) is 0 Å². The van der Waals surface area contributed by atoms with Crippen LogP contribution in [0.1, 0.15) is 17.3 Å². The Balaban J connectivity index is 2.09. The fraction of sp³-hybridized carbons (Fsp3) is 0.0833. The van der Waals surface area contributed by atoms with E-state index in [-0.39, 0.29) is 5.43 Å². The SMILES string of the molecule is CCOC(=O)c1cc2c(=O)c3ccc4ccccc4c3c3ccccc1c23. The van der Waals surface area contributed by atoms with Crippen LogP contribution in [0.15, 0.2) is 71.5 Å². The average Bonchev–Trinajstić information content (AvgIpc) is 2.93. The van der Waals surface area contributed by atoms with Crippen molar-refractivity contribution in [1.82, 2.24) is 0 Å². The van der Waals surface area contributed by atoms with Gasteiger partial charge in [-0.3, -0.25) is 4.79 Å². The van der Waals surface area contributed by atoms with Gasteiger partial charge in [0.2, 0.25) is 0 Å². The summed E-state index contributed by atoms with van der Waals surface area (Å²) in [6.45, 7) is 2.08. The fourth-order valence-corrected chi connectivity index (χ4v) is 4.09. The Morgan fingerprint density at radius 2 is 1.44 bits per heavy atom. The molecule has 0 bridgehead atoms. The highest BCUT2D eigenvalue weighted by Gasteiger charge is 2.20. The summed E-state index contributed by atoms with van der Waals surface area (Å²) in [7, 11) is 0. The molecule has 0 radical (unpaired) electrons. The van der Waals surface area contributed by atoms with Crippen LogP contribution in [0.25, 0.3) is 43.1 Å². The summed E-state index contributed by atoms with van der Waals surface area (Å²) >= 11 is 0. The molecule has 0 aliphatic heterocycles. The molecule has 5 aromatic rings. The minimum Gasteiger partial charge on any atom is -0.462 e. The normalized spacial score (nSPS) is 11.6. The lowest BCUT2D eigenvalue weighted by Gasteiger charge is -2.07. The monoisotopic (exact) mass is 352 g/mol. The van der Waals surface area contributed by atoms with Crippen LogP contribution in [0.4, 0.5) is 0 Å². The molecule has 3 nitrogen and oxygen atoms in total. The van der Waals surface area contributed by atoms with Gasteiger partial charge in [0.15, 0.2) is 5.43 Å². The van der Waals surface area contributed by atoms with Gasteiger partial charge in [-0.05, 0) is 40.6 Å². The molecule has 0 saturated carbocycles. The molecule has 0 aromatic heterocycles. The van der Waals surface area contributed by atoms with Crippen molar-refractivity contribution in [2.45, 2.75) is 6.92 Å². The van der Waals surface area contributed by atoms with E-state index in [9.17, 15) is 9.59 Å². The summed E-state index contributed by atoms with van der Waals surface area (Å²) in [5, 5.41) is 6.88. The van der Waals surface area contributed by atoms with Crippen molar-refractivity contribution in [3.05, 3.63) is 82.5 Å². The van der Waals surface area contributed by atoms with Crippen molar-refractivity contribution >= 4 is 49.1 Å². The number of benzene rings is 3. The van der Waals surface area contributed by atoms with E-state index in [0.717, 1.165) is 32.3 Å². The smallest absolute Gasteiger partial charge is 0.338 e. The van der Waals surface area contributed by atoms with Crippen molar-refractivity contribution < 1.29 is 9.53 Å². The first-order valence-electron chi connectivity index (χ1n) is 9.00. The van der Waals surface area contributed by atoms with Crippen LogP contribution in [0.3, 0.4) is 0 Å². The minimum absolute atomic E-state index is 0.0463. The van der Waals surface area contributed by atoms with Crippen molar-refractivity contribution in [3.63, 3.8) is 0 Å². The van der Waals surface area contributed by atoms with Crippen LogP contribution in [0, 0.1) is 0 Å². The summed E-state index contributed by atoms with van der Waals surface area (Å²) in [4.78, 5) is 25.8. The maximum atomic E-state index is 13.3. The molecular formula is C24H16O3. The second-order valence-corrected chi connectivity index (χ2v) is 6.65. The van der Waals surface area contributed by atoms with E-state index in [0.29, 0.717) is 22.9 Å². The van der Waals surface area contributed by atoms with Crippen LogP contribution in [0.2, 0.25) is 0 Å². The molecule has 130 valence electrons. The second-order valence-electron chi connectivity index (χ2n) is 6.65. The molecular weight excluding hydrogens is 336 g/mol. The summed E-state index contributed by atoms with van der Waals surface area (Å²) in [6, 6.07) is 21.4. The lowest BCUT2D eigenvalue weighted by atomic mass is 9.95. The van der Waals surface area contributed by atoms with Gasteiger partial charge in [-0.25, -0.2) is 4.79 Å². The average molecular weight is 352 g/mol. The number of carbonyl (C=O) groups is 1. The fourth-order valence-electron chi connectivity index (χ4n) is 4.09. The van der Waals surface area contributed by atoms with Gasteiger partial charge in [0, 0.05) is 21.5 Å². The Morgan fingerprint density at radius 3 is 2.22 bits per heavy atom. The molecule has 0 amide bonds. The number of fused-ring (bicyclic) bond motifs is 4. The third-order valence-electron chi connectivity index (χ3n) is 5.21. The highest BCUT2D eigenvalue weighted by atomic mass is 16.5. The number of hydrogen-bond acceptors (Lipinski definition) is 3. The Bertz CT molecular complexity index is 1420. The molecule has 0 aliphatic carbocycles. The van der Waals surface area contributed by atoms with E-state index >= 15 is 0 Å². The minimum atomic E-state index is -0.394. The predicted molar refractivity (Wildman–Crippen MR) is 110 cm³/mol. The van der Waals surface area contributed by atoms with Crippen molar-refractivity contribution in [2.75, 3.05) is 6.61 Å². The van der Waals surface area contributed by atoms with Gasteiger partial charge >= 0.3 is 5.97 Å². The maximum absolute atomic E-state index is 13.3. The molecule has 0 unspecified atom stereocenters. The first-order valence-corrected chi connectivity index (χ1v) is 9.00. The zero-order valence-corrected chi connectivity index (χ0v) is 14.8. The number of ether oxygens (including phenoxy) is 1. The summed E-state index contributed by atoms with van der Waals surface area (Å²) < 4.78 is 5.22. The zero-order chi connectivity index (χ0) is 18.5. The third-order valence-corrected chi connectivity index (χ3v) is 5.21. The Labute approximate surface area is 155 Å². The van der Waals surface area contributed by atoms with Crippen LogP contribution >= 0.6 is 0 Å². The molecule has 5 rings (SSSR count). The van der Waals surface area contributed by atoms with Gasteiger partial charge in [-0.1, -0.05) is 54.6 Å². The first-order chi connectivity index (χ1) is 13.2. The third kappa shape index (κ3) is 2.15. The second kappa shape index (κ2) is 5.78. The largest absolute Gasteiger partial charge is 0.462 e. The molecule has 0 saturated heterocycles. The van der Waals surface area contributed by atoms with Crippen molar-refractivity contribution in [3.8, 4) is 0 Å². The Kier molecular flexibility index (Phi) is 3.37. The van der Waals surface area contributed by atoms with Gasteiger partial charge in [-0.2, -0.15) is 0 Å². The number of esters is 1. The Morgan fingerprint density at radius 1 is 0.778 bits per heavy atom. The van der Waals surface area contributed by atoms with Gasteiger partial charge in [0.05, 0.1) is 12.2 Å². The van der Waals surface area contributed by atoms with Crippen LogP contribution in [-0.2, 0) is 4.74 Å². The lowest BCUT2D eigenvalue weighted by molar-refractivity contribution is 0.0529. The molecule has 0 spiro atoms. The van der Waals surface area contributed by atoms with E-state index in [4.69, 9.17) is 4.74 Å². The highest BCUT2D eigenvalue weighted by molar-refractivity contribution is 6.30. The summed E-state index contributed by atoms with van der Waals surface area (Å²) in [6.07, 6.45) is 0. The molecule has 0 atom stereocenters. The highest BCUT2D eigenvalue weighted by Crippen LogP contribution is 2.37. The van der Waals surface area contributed by atoms with Crippen LogP contribution in [-0.4, -0.2) is 12.6 Å². The molecule has 0 N–H and O–H groups in total. The van der Waals surface area contributed by atoms with Crippen molar-refractivity contribution in [1.29, 1.82) is 0 Å². The number of rotatable bonds is 2. The molecule has 0 aliphatic rings. The standard InChI is InChI=1S/C24H16O3/c1-2-27-24(26)19-13-20-22-16(19)9-5-6-10-17(22)21-15-8-4-3-7-14(15)11-12-18(21)23(20)25/h3-13H,2H2,1H3. The topological polar surface area (TPSA) is 43.4 Å². The predicted octanol–water partition coefficient (Wildman–Crippen LogP) is 5.27. The van der Waals surface area contributed by atoms with Crippen LogP contribution in [0.5, 0.6) is 0 Å². The summed E-state index contributed by atoms with van der Waals surface area (Å²) in [5.41, 5.74) is 0.403. The molecule has 3 heteroatoms. The number of carbonyl (C=O) groups excluding carboxylic acids is 1. The van der Waals surface area contributed by atoms with E-state index in [1.807, 2.05) is 60.7 Å². The molecule has 0 fully saturated rings. The van der Waals surface area contributed by atoms with E-state index in [1.165, 1.54) is 0 Å². The molecule has 0 heterocycles. The summed E-state index contributed by atoms with van der Waals surface area (Å²) in [5.74, 6) is -0.394. The van der Waals surface area contributed by atoms with E-state index in [1.54, 1.807) is 13.0 Å². The van der Waals surface area contributed by atoms with Gasteiger partial charge < -0.3 is 4.74 Å². The molecule has 27 heavy (non-hydrogen) atoms. The Hall–Kier alpha value is -3.46.